The first-order chi connectivity index (χ1) is 12.2. The quantitative estimate of drug-likeness (QED) is 0.792. The van der Waals surface area contributed by atoms with Crippen LogP contribution in [0.2, 0.25) is 0 Å². The largest absolute Gasteiger partial charge is 0.417 e. The van der Waals surface area contributed by atoms with Gasteiger partial charge in [0, 0.05) is 12.6 Å². The Morgan fingerprint density at radius 3 is 2.62 bits per heavy atom. The van der Waals surface area contributed by atoms with Crippen LogP contribution >= 0.6 is 0 Å². The minimum Gasteiger partial charge on any atom is -0.308 e. The molecule has 4 nitrogen and oxygen atoms in total. The molecule has 140 valence electrons. The standard InChI is InChI=1S/C17H16F4N2O2S/c18-12-5-6-16(14(9-12)17(19,20)21)26(24,25)23-10-15-13-4-2-1-3-11(13)7-8-22-15/h1-6,9,15,22-23H,7-8,10H2. The van der Waals surface area contributed by atoms with Gasteiger partial charge < -0.3 is 5.32 Å². The van der Waals surface area contributed by atoms with Crippen molar-refractivity contribution in [2.45, 2.75) is 23.5 Å². The lowest BCUT2D eigenvalue weighted by molar-refractivity contribution is -0.140. The molecule has 1 atom stereocenters. The molecule has 1 unspecified atom stereocenters. The van der Waals surface area contributed by atoms with Crippen LogP contribution in [0.25, 0.3) is 0 Å². The number of halogens is 4. The zero-order valence-corrected chi connectivity index (χ0v) is 14.3. The van der Waals surface area contributed by atoms with Crippen molar-refractivity contribution in [3.8, 4) is 0 Å². The molecule has 9 heteroatoms. The predicted molar refractivity (Wildman–Crippen MR) is 87.5 cm³/mol. The van der Waals surface area contributed by atoms with E-state index in [-0.39, 0.29) is 18.7 Å². The summed E-state index contributed by atoms with van der Waals surface area (Å²) < 4.78 is 79.4. The Bertz CT molecular complexity index is 913. The van der Waals surface area contributed by atoms with Crippen LogP contribution in [-0.2, 0) is 22.6 Å². The van der Waals surface area contributed by atoms with Gasteiger partial charge in [-0.15, -0.1) is 0 Å². The van der Waals surface area contributed by atoms with Crippen LogP contribution in [0.4, 0.5) is 17.6 Å². The zero-order chi connectivity index (χ0) is 18.9. The Balaban J connectivity index is 1.86. The van der Waals surface area contributed by atoms with Crippen molar-refractivity contribution in [3.05, 3.63) is 65.0 Å². The summed E-state index contributed by atoms with van der Waals surface area (Å²) in [6, 6.07) is 8.61. The highest BCUT2D eigenvalue weighted by atomic mass is 32.2. The Morgan fingerprint density at radius 2 is 1.88 bits per heavy atom. The molecule has 0 aromatic heterocycles. The molecular formula is C17H16F4N2O2S. The van der Waals surface area contributed by atoms with E-state index in [0.29, 0.717) is 18.7 Å². The van der Waals surface area contributed by atoms with Gasteiger partial charge in [-0.1, -0.05) is 24.3 Å². The predicted octanol–water partition coefficient (Wildman–Crippen LogP) is 3.01. The lowest BCUT2D eigenvalue weighted by Gasteiger charge is -2.27. The molecule has 0 aliphatic carbocycles. The smallest absolute Gasteiger partial charge is 0.308 e. The minimum atomic E-state index is -4.98. The SMILES string of the molecule is O=S(=O)(NCC1NCCc2ccccc21)c1ccc(F)cc1C(F)(F)F. The molecule has 2 aromatic rings. The molecule has 2 N–H and O–H groups in total. The number of benzene rings is 2. The first-order valence-corrected chi connectivity index (χ1v) is 9.34. The fourth-order valence-electron chi connectivity index (χ4n) is 3.00. The third kappa shape index (κ3) is 3.89. The van der Waals surface area contributed by atoms with Crippen molar-refractivity contribution in [2.75, 3.05) is 13.1 Å². The molecule has 0 radical (unpaired) electrons. The molecule has 0 saturated carbocycles. The topological polar surface area (TPSA) is 58.2 Å². The van der Waals surface area contributed by atoms with Crippen LogP contribution in [0, 0.1) is 5.82 Å². The van der Waals surface area contributed by atoms with Crippen molar-refractivity contribution in [3.63, 3.8) is 0 Å². The van der Waals surface area contributed by atoms with E-state index < -0.39 is 32.5 Å². The zero-order valence-electron chi connectivity index (χ0n) is 13.5. The van der Waals surface area contributed by atoms with Gasteiger partial charge in [0.1, 0.15) is 5.82 Å². The van der Waals surface area contributed by atoms with E-state index in [1.54, 1.807) is 0 Å². The van der Waals surface area contributed by atoms with Gasteiger partial charge in [0.2, 0.25) is 10.0 Å². The van der Waals surface area contributed by atoms with Gasteiger partial charge in [0.05, 0.1) is 10.5 Å². The van der Waals surface area contributed by atoms with E-state index >= 15 is 0 Å². The Hall–Kier alpha value is -1.97. The number of sulfonamides is 1. The van der Waals surface area contributed by atoms with Gasteiger partial charge in [0.15, 0.2) is 0 Å². The van der Waals surface area contributed by atoms with Crippen molar-refractivity contribution in [1.82, 2.24) is 10.0 Å². The van der Waals surface area contributed by atoms with E-state index in [1.165, 1.54) is 0 Å². The van der Waals surface area contributed by atoms with Gasteiger partial charge in [0.25, 0.3) is 0 Å². The normalized spacial score (nSPS) is 17.8. The number of hydrogen-bond acceptors (Lipinski definition) is 3. The molecule has 2 aromatic carbocycles. The maximum absolute atomic E-state index is 13.2. The molecule has 1 aliphatic heterocycles. The highest BCUT2D eigenvalue weighted by Gasteiger charge is 2.37. The Labute approximate surface area is 148 Å². The number of alkyl halides is 3. The number of rotatable bonds is 4. The first-order valence-electron chi connectivity index (χ1n) is 7.86. The monoisotopic (exact) mass is 388 g/mol. The fraction of sp³-hybridized carbons (Fsp3) is 0.294. The van der Waals surface area contributed by atoms with Crippen LogP contribution in [0.1, 0.15) is 22.7 Å². The second kappa shape index (κ2) is 6.98. The van der Waals surface area contributed by atoms with Crippen LogP contribution in [0.15, 0.2) is 47.4 Å². The van der Waals surface area contributed by atoms with E-state index in [4.69, 9.17) is 0 Å². The van der Waals surface area contributed by atoms with E-state index in [1.807, 2.05) is 24.3 Å². The summed E-state index contributed by atoms with van der Waals surface area (Å²) in [4.78, 5) is -0.990. The van der Waals surface area contributed by atoms with Crippen LogP contribution < -0.4 is 10.0 Å². The second-order valence-electron chi connectivity index (χ2n) is 5.95. The molecule has 1 aliphatic rings. The Kier molecular flexibility index (Phi) is 5.05. The lowest BCUT2D eigenvalue weighted by Crippen LogP contribution is -2.39. The molecule has 0 bridgehead atoms. The maximum Gasteiger partial charge on any atom is 0.417 e. The number of nitrogens with one attached hydrogen (secondary N) is 2. The van der Waals surface area contributed by atoms with Crippen molar-refractivity contribution >= 4 is 10.0 Å². The van der Waals surface area contributed by atoms with Crippen LogP contribution in [0.3, 0.4) is 0 Å². The average molecular weight is 388 g/mol. The van der Waals surface area contributed by atoms with Gasteiger partial charge in [-0.3, -0.25) is 0 Å². The van der Waals surface area contributed by atoms with Gasteiger partial charge in [-0.25, -0.2) is 17.5 Å². The van der Waals surface area contributed by atoms with Crippen LogP contribution in [-0.4, -0.2) is 21.5 Å². The molecule has 0 spiro atoms. The van der Waals surface area contributed by atoms with E-state index in [0.717, 1.165) is 17.5 Å². The summed E-state index contributed by atoms with van der Waals surface area (Å²) >= 11 is 0. The van der Waals surface area contributed by atoms with Crippen molar-refractivity contribution < 1.29 is 26.0 Å². The summed E-state index contributed by atoms with van der Waals surface area (Å²) in [5.41, 5.74) is 0.437. The third-order valence-electron chi connectivity index (χ3n) is 4.23. The molecule has 0 amide bonds. The molecule has 0 saturated heterocycles. The highest BCUT2D eigenvalue weighted by Crippen LogP contribution is 2.34. The van der Waals surface area contributed by atoms with Crippen molar-refractivity contribution in [2.24, 2.45) is 0 Å². The number of fused-ring (bicyclic) bond motifs is 1. The summed E-state index contributed by atoms with van der Waals surface area (Å²) in [6.07, 6.45) is -4.20. The maximum atomic E-state index is 13.2. The van der Waals surface area contributed by atoms with Crippen molar-refractivity contribution in [1.29, 1.82) is 0 Å². The summed E-state index contributed by atoms with van der Waals surface area (Å²) in [5, 5.41) is 3.14. The van der Waals surface area contributed by atoms with E-state index in [2.05, 4.69) is 10.0 Å². The second-order valence-corrected chi connectivity index (χ2v) is 7.68. The lowest BCUT2D eigenvalue weighted by atomic mass is 9.95. The molecular weight excluding hydrogens is 372 g/mol. The fourth-order valence-corrected chi connectivity index (χ4v) is 4.26. The summed E-state index contributed by atoms with van der Waals surface area (Å²) in [7, 11) is -4.47. The number of hydrogen-bond donors (Lipinski definition) is 2. The Morgan fingerprint density at radius 1 is 1.15 bits per heavy atom. The third-order valence-corrected chi connectivity index (χ3v) is 5.71. The van der Waals surface area contributed by atoms with Gasteiger partial charge >= 0.3 is 6.18 Å². The summed E-state index contributed by atoms with van der Waals surface area (Å²) in [5.74, 6) is -1.15. The molecule has 3 rings (SSSR count). The molecule has 26 heavy (non-hydrogen) atoms. The molecule has 1 heterocycles. The van der Waals surface area contributed by atoms with Gasteiger partial charge in [-0.05, 0) is 42.3 Å². The minimum absolute atomic E-state index is 0.117. The first kappa shape index (κ1) is 18.8. The van der Waals surface area contributed by atoms with Crippen LogP contribution in [0.5, 0.6) is 0 Å². The highest BCUT2D eigenvalue weighted by molar-refractivity contribution is 7.89. The summed E-state index contributed by atoms with van der Waals surface area (Å²) in [6.45, 7) is 0.516. The molecule has 0 fully saturated rings. The van der Waals surface area contributed by atoms with E-state index in [9.17, 15) is 26.0 Å². The van der Waals surface area contributed by atoms with Gasteiger partial charge in [-0.2, -0.15) is 13.2 Å². The average Bonchev–Trinajstić information content (AvgIpc) is 2.59.